The molecule has 1 fully saturated rings. The molecule has 0 radical (unpaired) electrons. The second-order valence-electron chi connectivity index (χ2n) is 8.17. The zero-order valence-electron chi connectivity index (χ0n) is 17.3. The molecule has 0 amide bonds. The molecule has 0 spiro atoms. The maximum Gasteiger partial charge on any atom is 0.121 e. The van der Waals surface area contributed by atoms with Crippen molar-refractivity contribution in [3.8, 4) is 5.75 Å². The fourth-order valence-electron chi connectivity index (χ4n) is 3.54. The van der Waals surface area contributed by atoms with Crippen LogP contribution in [-0.4, -0.2) is 41.3 Å². The topological polar surface area (TPSA) is 41.1 Å². The van der Waals surface area contributed by atoms with Crippen molar-refractivity contribution in [1.82, 2.24) is 15.1 Å². The van der Waals surface area contributed by atoms with Crippen LogP contribution >= 0.6 is 0 Å². The van der Waals surface area contributed by atoms with Crippen molar-refractivity contribution in [2.24, 2.45) is 0 Å². The molecule has 0 atom stereocenters. The number of aromatic amines is 1. The Balaban J connectivity index is 1.35. The number of aromatic nitrogens is 2. The molecule has 4 nitrogen and oxygen atoms in total. The number of benzene rings is 1. The summed E-state index contributed by atoms with van der Waals surface area (Å²) in [6.45, 7) is 6.32. The first-order valence-electron chi connectivity index (χ1n) is 10.6. The Morgan fingerprint density at radius 1 is 1.22 bits per heavy atom. The number of H-pyrrole nitrogens is 1. The van der Waals surface area contributed by atoms with Gasteiger partial charge in [0.15, 0.2) is 0 Å². The van der Waals surface area contributed by atoms with Crippen LogP contribution in [0, 0.1) is 0 Å². The highest BCUT2D eigenvalue weighted by atomic mass is 16.5. The van der Waals surface area contributed by atoms with Crippen LogP contribution in [0.15, 0.2) is 29.8 Å². The lowest BCUT2D eigenvalue weighted by Crippen LogP contribution is -2.21. The van der Waals surface area contributed by atoms with Gasteiger partial charge in [-0.3, -0.25) is 5.10 Å². The number of hydrogen-bond acceptors (Lipinski definition) is 3. The zero-order chi connectivity index (χ0) is 19.1. The predicted molar refractivity (Wildman–Crippen MR) is 113 cm³/mol. The molecule has 27 heavy (non-hydrogen) atoms. The fourth-order valence-corrected chi connectivity index (χ4v) is 3.54. The van der Waals surface area contributed by atoms with Gasteiger partial charge in [0.1, 0.15) is 5.75 Å². The van der Waals surface area contributed by atoms with Crippen LogP contribution in [0.4, 0.5) is 0 Å². The van der Waals surface area contributed by atoms with Crippen LogP contribution in [0.1, 0.15) is 64.5 Å². The number of aryl methyl sites for hydroxylation is 1. The zero-order valence-corrected chi connectivity index (χ0v) is 17.3. The largest absolute Gasteiger partial charge is 0.494 e. The summed E-state index contributed by atoms with van der Waals surface area (Å²) in [5.41, 5.74) is 3.58. The van der Waals surface area contributed by atoms with E-state index in [9.17, 15) is 0 Å². The van der Waals surface area contributed by atoms with E-state index in [2.05, 4.69) is 60.3 Å². The SMILES string of the molecule is CC(C)=CCCc1n[nH]c2cc(OCCCCCCN(C)C3CC3)ccc12. The fraction of sp³-hybridized carbons (Fsp3) is 0.609. The second kappa shape index (κ2) is 9.93. The van der Waals surface area contributed by atoms with Crippen LogP contribution in [0.5, 0.6) is 5.75 Å². The first-order valence-corrected chi connectivity index (χ1v) is 10.6. The third-order valence-electron chi connectivity index (χ3n) is 5.39. The molecule has 4 heteroatoms. The highest BCUT2D eigenvalue weighted by Gasteiger charge is 2.25. The molecule has 1 aliphatic carbocycles. The first-order chi connectivity index (χ1) is 13.1. The summed E-state index contributed by atoms with van der Waals surface area (Å²) in [5.74, 6) is 0.940. The standard InChI is InChI=1S/C23H35N3O/c1-18(2)9-8-10-22-21-14-13-20(17-23(21)25-24-22)27-16-7-5-4-6-15-26(3)19-11-12-19/h9,13-14,17,19H,4-8,10-12,15-16H2,1-3H3,(H,24,25). The van der Waals surface area contributed by atoms with E-state index in [0.717, 1.165) is 48.9 Å². The Kier molecular flexibility index (Phi) is 7.33. The van der Waals surface area contributed by atoms with Crippen LogP contribution in [-0.2, 0) is 6.42 Å². The molecule has 148 valence electrons. The van der Waals surface area contributed by atoms with Crippen molar-refractivity contribution >= 4 is 10.9 Å². The van der Waals surface area contributed by atoms with Crippen LogP contribution in [0.3, 0.4) is 0 Å². The Hall–Kier alpha value is -1.81. The lowest BCUT2D eigenvalue weighted by atomic mass is 10.1. The molecule has 0 bridgehead atoms. The summed E-state index contributed by atoms with van der Waals surface area (Å²) in [7, 11) is 2.26. The number of fused-ring (bicyclic) bond motifs is 1. The number of unbranched alkanes of at least 4 members (excludes halogenated alkanes) is 3. The van der Waals surface area contributed by atoms with E-state index in [1.165, 1.54) is 49.6 Å². The van der Waals surface area contributed by atoms with Gasteiger partial charge in [-0.1, -0.05) is 24.5 Å². The van der Waals surface area contributed by atoms with Crippen LogP contribution < -0.4 is 4.74 Å². The average Bonchev–Trinajstić information content (AvgIpc) is 3.42. The second-order valence-corrected chi connectivity index (χ2v) is 8.17. The van der Waals surface area contributed by atoms with Gasteiger partial charge < -0.3 is 9.64 Å². The predicted octanol–water partition coefficient (Wildman–Crippen LogP) is 5.50. The molecule has 3 rings (SSSR count). The smallest absolute Gasteiger partial charge is 0.121 e. The number of nitrogens with zero attached hydrogens (tertiary/aromatic N) is 2. The van der Waals surface area contributed by atoms with E-state index < -0.39 is 0 Å². The van der Waals surface area contributed by atoms with Gasteiger partial charge in [0.05, 0.1) is 17.8 Å². The molecule has 1 aromatic heterocycles. The number of allylic oxidation sites excluding steroid dienone is 2. The minimum atomic E-state index is 0.797. The summed E-state index contributed by atoms with van der Waals surface area (Å²) in [6.07, 6.45) is 12.1. The molecule has 1 N–H and O–H groups in total. The Morgan fingerprint density at radius 3 is 2.81 bits per heavy atom. The van der Waals surface area contributed by atoms with Crippen molar-refractivity contribution in [2.45, 2.75) is 71.3 Å². The van der Waals surface area contributed by atoms with Crippen LogP contribution in [0.25, 0.3) is 10.9 Å². The monoisotopic (exact) mass is 369 g/mol. The quantitative estimate of drug-likeness (QED) is 0.397. The van der Waals surface area contributed by atoms with Gasteiger partial charge in [-0.2, -0.15) is 5.10 Å². The van der Waals surface area contributed by atoms with E-state index >= 15 is 0 Å². The lowest BCUT2D eigenvalue weighted by molar-refractivity contribution is 0.293. The van der Waals surface area contributed by atoms with Crippen molar-refractivity contribution in [3.05, 3.63) is 35.5 Å². The van der Waals surface area contributed by atoms with Crippen molar-refractivity contribution < 1.29 is 4.74 Å². The van der Waals surface area contributed by atoms with Gasteiger partial charge in [0, 0.05) is 17.5 Å². The van der Waals surface area contributed by atoms with E-state index in [0.29, 0.717) is 0 Å². The summed E-state index contributed by atoms with van der Waals surface area (Å²) in [4.78, 5) is 2.52. The number of nitrogens with one attached hydrogen (secondary N) is 1. The third kappa shape index (κ3) is 6.39. The maximum absolute atomic E-state index is 5.94. The number of hydrogen-bond donors (Lipinski definition) is 1. The van der Waals surface area contributed by atoms with E-state index in [1.807, 2.05) is 0 Å². The molecule has 1 saturated carbocycles. The molecule has 1 aliphatic rings. The summed E-state index contributed by atoms with van der Waals surface area (Å²) in [5, 5.41) is 8.85. The number of ether oxygens (including phenoxy) is 1. The first kappa shape index (κ1) is 19.9. The molecule has 0 saturated heterocycles. The minimum Gasteiger partial charge on any atom is -0.494 e. The molecule has 1 heterocycles. The van der Waals surface area contributed by atoms with Gasteiger partial charge in [-0.15, -0.1) is 0 Å². The Bertz CT molecular complexity index is 741. The third-order valence-corrected chi connectivity index (χ3v) is 5.39. The average molecular weight is 370 g/mol. The van der Waals surface area contributed by atoms with Crippen LogP contribution in [0.2, 0.25) is 0 Å². The summed E-state index contributed by atoms with van der Waals surface area (Å²) in [6, 6.07) is 7.18. The van der Waals surface area contributed by atoms with E-state index in [4.69, 9.17) is 4.74 Å². The Labute approximate surface area is 164 Å². The molecular formula is C23H35N3O. The molecule has 1 aromatic carbocycles. The van der Waals surface area contributed by atoms with Gasteiger partial charge in [-0.05, 0) is 78.1 Å². The maximum atomic E-state index is 5.94. The Morgan fingerprint density at radius 2 is 2.04 bits per heavy atom. The number of rotatable bonds is 12. The van der Waals surface area contributed by atoms with Gasteiger partial charge in [0.2, 0.25) is 0 Å². The van der Waals surface area contributed by atoms with Gasteiger partial charge in [-0.25, -0.2) is 0 Å². The molecular weight excluding hydrogens is 334 g/mol. The van der Waals surface area contributed by atoms with E-state index in [1.54, 1.807) is 0 Å². The van der Waals surface area contributed by atoms with E-state index in [-0.39, 0.29) is 0 Å². The summed E-state index contributed by atoms with van der Waals surface area (Å²) >= 11 is 0. The highest BCUT2D eigenvalue weighted by molar-refractivity contribution is 5.82. The van der Waals surface area contributed by atoms with Gasteiger partial charge in [0.25, 0.3) is 0 Å². The summed E-state index contributed by atoms with van der Waals surface area (Å²) < 4.78 is 5.94. The highest BCUT2D eigenvalue weighted by Crippen LogP contribution is 2.25. The molecule has 0 unspecified atom stereocenters. The van der Waals surface area contributed by atoms with Crippen molar-refractivity contribution in [3.63, 3.8) is 0 Å². The minimum absolute atomic E-state index is 0.797. The van der Waals surface area contributed by atoms with Gasteiger partial charge >= 0.3 is 0 Å². The molecule has 0 aliphatic heterocycles. The van der Waals surface area contributed by atoms with Crippen molar-refractivity contribution in [1.29, 1.82) is 0 Å². The normalized spacial score (nSPS) is 14.1. The molecule has 2 aromatic rings. The van der Waals surface area contributed by atoms with Crippen molar-refractivity contribution in [2.75, 3.05) is 20.2 Å². The lowest BCUT2D eigenvalue weighted by Gasteiger charge is -2.14.